The number of hydrogen-bond donors (Lipinski definition) is 1. The Morgan fingerprint density at radius 3 is 3.04 bits per heavy atom. The van der Waals surface area contributed by atoms with E-state index in [4.69, 9.17) is 4.74 Å². The number of morpholine rings is 1. The number of nitrogens with one attached hydrogen (secondary N) is 1. The molecular weight excluding hydrogens is 366 g/mol. The van der Waals surface area contributed by atoms with Gasteiger partial charge in [-0.2, -0.15) is 0 Å². The molecule has 1 aliphatic heterocycles. The number of aromatic nitrogens is 2. The molecule has 1 aromatic heterocycles. The van der Waals surface area contributed by atoms with Crippen LogP contribution in [0.15, 0.2) is 9.85 Å². The van der Waals surface area contributed by atoms with Gasteiger partial charge in [-0.25, -0.2) is 0 Å². The Labute approximate surface area is 154 Å². The molecule has 1 aliphatic rings. The van der Waals surface area contributed by atoms with Crippen LogP contribution in [0.2, 0.25) is 0 Å². The second kappa shape index (κ2) is 9.11. The van der Waals surface area contributed by atoms with Crippen LogP contribution in [0.25, 0.3) is 0 Å². The highest BCUT2D eigenvalue weighted by Crippen LogP contribution is 2.18. The fourth-order valence-corrected chi connectivity index (χ4v) is 3.64. The van der Waals surface area contributed by atoms with Crippen LogP contribution in [-0.4, -0.2) is 89.4 Å². The smallest absolute Gasteiger partial charge is 0.261 e. The zero-order valence-electron chi connectivity index (χ0n) is 14.3. The van der Waals surface area contributed by atoms with E-state index in [2.05, 4.69) is 15.5 Å². The highest BCUT2D eigenvalue weighted by molar-refractivity contribution is 8.01. The van der Waals surface area contributed by atoms with Gasteiger partial charge in [-0.1, -0.05) is 23.1 Å². The summed E-state index contributed by atoms with van der Waals surface area (Å²) < 4.78 is 5.99. The van der Waals surface area contributed by atoms with Gasteiger partial charge in [0.1, 0.15) is 5.51 Å². The van der Waals surface area contributed by atoms with Crippen LogP contribution in [0.1, 0.15) is 6.92 Å². The van der Waals surface area contributed by atoms with E-state index >= 15 is 0 Å². The van der Waals surface area contributed by atoms with Crippen molar-refractivity contribution in [3.8, 4) is 0 Å². The van der Waals surface area contributed by atoms with Crippen molar-refractivity contribution in [3.63, 3.8) is 0 Å². The van der Waals surface area contributed by atoms with Crippen LogP contribution in [0.4, 0.5) is 0 Å². The number of ether oxygens (including phenoxy) is 1. The van der Waals surface area contributed by atoms with Gasteiger partial charge in [0.15, 0.2) is 4.34 Å². The van der Waals surface area contributed by atoms with Crippen LogP contribution < -0.4 is 5.32 Å². The van der Waals surface area contributed by atoms with E-state index in [-0.39, 0.29) is 23.6 Å². The van der Waals surface area contributed by atoms with Crippen molar-refractivity contribution in [1.82, 2.24) is 25.3 Å². The molecule has 1 aromatic rings. The maximum Gasteiger partial charge on any atom is 0.261 e. The molecule has 0 aromatic carbocycles. The Morgan fingerprint density at radius 1 is 1.60 bits per heavy atom. The summed E-state index contributed by atoms with van der Waals surface area (Å²) in [5, 5.41) is 10.3. The minimum Gasteiger partial charge on any atom is -0.357 e. The third-order valence-corrected chi connectivity index (χ3v) is 5.42. The summed E-state index contributed by atoms with van der Waals surface area (Å²) in [6.07, 6.45) is -1.12. The number of hydrogen-bond acceptors (Lipinski definition) is 8. The van der Waals surface area contributed by atoms with Gasteiger partial charge in [-0.15, -0.1) is 10.2 Å². The summed E-state index contributed by atoms with van der Waals surface area (Å²) >= 11 is 2.70. The molecule has 2 rings (SSSR count). The first-order chi connectivity index (χ1) is 11.9. The lowest BCUT2D eigenvalue weighted by Gasteiger charge is -2.30. The van der Waals surface area contributed by atoms with Crippen molar-refractivity contribution in [2.75, 3.05) is 39.5 Å². The fourth-order valence-electron chi connectivity index (χ4n) is 2.21. The van der Waals surface area contributed by atoms with Crippen LogP contribution in [-0.2, 0) is 19.1 Å². The van der Waals surface area contributed by atoms with Gasteiger partial charge < -0.3 is 19.9 Å². The first-order valence-electron chi connectivity index (χ1n) is 7.68. The SMILES string of the molecule is CC(CN(C)C(=O)CSc1nncs1)NC(=O)C1OCCN(C)C1=O. The average molecular weight is 387 g/mol. The first kappa shape index (κ1) is 19.6. The molecule has 0 spiro atoms. The maximum absolute atomic E-state index is 12.2. The summed E-state index contributed by atoms with van der Waals surface area (Å²) in [5.74, 6) is -0.658. The Kier molecular flexibility index (Phi) is 7.14. The van der Waals surface area contributed by atoms with Gasteiger partial charge in [0.05, 0.1) is 12.4 Å². The van der Waals surface area contributed by atoms with Gasteiger partial charge in [-0.3, -0.25) is 14.4 Å². The van der Waals surface area contributed by atoms with Gasteiger partial charge in [0.2, 0.25) is 12.0 Å². The van der Waals surface area contributed by atoms with Crippen molar-refractivity contribution >= 4 is 40.8 Å². The van der Waals surface area contributed by atoms with Crippen LogP contribution in [0.5, 0.6) is 0 Å². The number of rotatable bonds is 7. The molecule has 2 heterocycles. The molecular formula is C14H21N5O4S2. The molecule has 138 valence electrons. The molecule has 0 radical (unpaired) electrons. The molecule has 1 N–H and O–H groups in total. The van der Waals surface area contributed by atoms with E-state index < -0.39 is 12.0 Å². The molecule has 2 atom stereocenters. The van der Waals surface area contributed by atoms with E-state index in [1.54, 1.807) is 26.5 Å². The third-order valence-electron chi connectivity index (χ3n) is 3.57. The fraction of sp³-hybridized carbons (Fsp3) is 0.643. The molecule has 25 heavy (non-hydrogen) atoms. The predicted octanol–water partition coefficient (Wildman–Crippen LogP) is -0.549. The monoisotopic (exact) mass is 387 g/mol. The van der Waals surface area contributed by atoms with Crippen LogP contribution >= 0.6 is 23.1 Å². The molecule has 0 aliphatic carbocycles. The Bertz CT molecular complexity index is 612. The van der Waals surface area contributed by atoms with Crippen molar-refractivity contribution in [1.29, 1.82) is 0 Å². The standard InChI is InChI=1S/C14H21N5O4S2/c1-9(16-12(21)11-13(22)18(2)4-5-23-11)6-19(3)10(20)7-24-14-17-15-8-25-14/h8-9,11H,4-7H2,1-3H3,(H,16,21). The highest BCUT2D eigenvalue weighted by atomic mass is 32.2. The van der Waals surface area contributed by atoms with Crippen molar-refractivity contribution < 1.29 is 19.1 Å². The second-order valence-electron chi connectivity index (χ2n) is 5.69. The topological polar surface area (TPSA) is 105 Å². The van der Waals surface area contributed by atoms with E-state index in [1.807, 2.05) is 0 Å². The summed E-state index contributed by atoms with van der Waals surface area (Å²) in [5.41, 5.74) is 1.61. The molecule has 9 nitrogen and oxygen atoms in total. The number of carbonyl (C=O) groups excluding carboxylic acids is 3. The molecule has 0 bridgehead atoms. The van der Waals surface area contributed by atoms with Crippen molar-refractivity contribution in [2.45, 2.75) is 23.4 Å². The lowest BCUT2D eigenvalue weighted by molar-refractivity contribution is -0.159. The van der Waals surface area contributed by atoms with E-state index in [0.717, 1.165) is 4.34 Å². The second-order valence-corrected chi connectivity index (χ2v) is 7.74. The number of likely N-dealkylation sites (N-methyl/N-ethyl adjacent to an activating group) is 2. The highest BCUT2D eigenvalue weighted by Gasteiger charge is 2.34. The van der Waals surface area contributed by atoms with Gasteiger partial charge >= 0.3 is 0 Å². The summed E-state index contributed by atoms with van der Waals surface area (Å²) in [4.78, 5) is 39.3. The van der Waals surface area contributed by atoms with Gasteiger partial charge in [-0.05, 0) is 6.92 Å². The Morgan fingerprint density at radius 2 is 2.36 bits per heavy atom. The van der Waals surface area contributed by atoms with E-state index in [1.165, 1.54) is 32.9 Å². The zero-order chi connectivity index (χ0) is 18.4. The lowest BCUT2D eigenvalue weighted by atomic mass is 10.2. The lowest BCUT2D eigenvalue weighted by Crippen LogP contribution is -2.55. The quantitative estimate of drug-likeness (QED) is 0.494. The first-order valence-corrected chi connectivity index (χ1v) is 9.55. The molecule has 2 unspecified atom stereocenters. The summed E-state index contributed by atoms with van der Waals surface area (Å²) in [6.45, 7) is 2.91. The third kappa shape index (κ3) is 5.65. The summed E-state index contributed by atoms with van der Waals surface area (Å²) in [6, 6.07) is -0.309. The molecule has 1 fully saturated rings. The minimum atomic E-state index is -1.12. The molecule has 1 saturated heterocycles. The van der Waals surface area contributed by atoms with Crippen molar-refractivity contribution in [3.05, 3.63) is 5.51 Å². The number of amides is 3. The zero-order valence-corrected chi connectivity index (χ0v) is 15.9. The number of carbonyl (C=O) groups is 3. The number of thioether (sulfide) groups is 1. The van der Waals surface area contributed by atoms with Gasteiger partial charge in [0.25, 0.3) is 11.8 Å². The molecule has 0 saturated carbocycles. The molecule has 11 heteroatoms. The van der Waals surface area contributed by atoms with Crippen LogP contribution in [0.3, 0.4) is 0 Å². The van der Waals surface area contributed by atoms with Gasteiger partial charge in [0, 0.05) is 33.2 Å². The normalized spacial score (nSPS) is 18.8. The maximum atomic E-state index is 12.2. The Balaban J connectivity index is 1.76. The Hall–Kier alpha value is -1.72. The average Bonchev–Trinajstić information content (AvgIpc) is 3.08. The van der Waals surface area contributed by atoms with Crippen LogP contribution in [0, 0.1) is 0 Å². The summed E-state index contributed by atoms with van der Waals surface area (Å²) in [7, 11) is 3.30. The largest absolute Gasteiger partial charge is 0.357 e. The molecule has 3 amide bonds. The van der Waals surface area contributed by atoms with E-state index in [0.29, 0.717) is 19.7 Å². The van der Waals surface area contributed by atoms with Crippen molar-refractivity contribution in [2.24, 2.45) is 0 Å². The number of nitrogens with zero attached hydrogens (tertiary/aromatic N) is 4. The predicted molar refractivity (Wildman–Crippen MR) is 93.3 cm³/mol. The van der Waals surface area contributed by atoms with E-state index in [9.17, 15) is 14.4 Å². The minimum absolute atomic E-state index is 0.0778.